The number of amides is 1. The molecule has 2 fully saturated rings. The summed E-state index contributed by atoms with van der Waals surface area (Å²) in [6.07, 6.45) is 0. The minimum absolute atomic E-state index is 0.0374. The van der Waals surface area contributed by atoms with E-state index in [4.69, 9.17) is 0 Å². The van der Waals surface area contributed by atoms with Crippen LogP contribution in [0.2, 0.25) is 0 Å². The molecule has 0 bridgehead atoms. The van der Waals surface area contributed by atoms with Gasteiger partial charge in [0.25, 0.3) is 10.2 Å². The zero-order chi connectivity index (χ0) is 12.8. The first-order valence-electron chi connectivity index (χ1n) is 5.79. The molecule has 0 spiro atoms. The molecule has 0 unspecified atom stereocenters. The van der Waals surface area contributed by atoms with Crippen LogP contribution in [0.15, 0.2) is 0 Å². The van der Waals surface area contributed by atoms with Gasteiger partial charge in [0.2, 0.25) is 5.91 Å². The Hall–Kier alpha value is -0.660. The first-order valence-corrected chi connectivity index (χ1v) is 7.19. The number of carbonyl (C=O) groups is 1. The van der Waals surface area contributed by atoms with Crippen molar-refractivity contribution >= 4 is 16.1 Å². The summed E-state index contributed by atoms with van der Waals surface area (Å²) in [7, 11) is -0.284. The highest BCUT2D eigenvalue weighted by Crippen LogP contribution is 2.34. The molecule has 2 aliphatic heterocycles. The lowest BCUT2D eigenvalue weighted by Gasteiger charge is -2.29. The van der Waals surface area contributed by atoms with Gasteiger partial charge in [-0.15, -0.1) is 0 Å². The second-order valence-electron chi connectivity index (χ2n) is 5.06. The van der Waals surface area contributed by atoms with Gasteiger partial charge in [-0.25, -0.2) is 0 Å². The van der Waals surface area contributed by atoms with Crippen molar-refractivity contribution in [3.8, 4) is 0 Å². The Morgan fingerprint density at radius 3 is 2.59 bits per heavy atom. The molecule has 6 nitrogen and oxygen atoms in total. The number of hydrogen-bond acceptors (Lipinski definition) is 3. The van der Waals surface area contributed by atoms with Crippen molar-refractivity contribution in [1.29, 1.82) is 0 Å². The lowest BCUT2D eigenvalue weighted by atomic mass is 9.81. The molecule has 1 N–H and O–H groups in total. The average Bonchev–Trinajstić information content (AvgIpc) is 2.68. The van der Waals surface area contributed by atoms with Gasteiger partial charge in [0.1, 0.15) is 0 Å². The second kappa shape index (κ2) is 4.22. The van der Waals surface area contributed by atoms with Crippen LogP contribution in [0.3, 0.4) is 0 Å². The molecule has 0 aliphatic carbocycles. The standard InChI is InChI=1S/C10H19N3O3S/c1-7-9-6-13(17(15,16)12(2)3)5-8(9)4-11-10(7)14/h7-9H,4-6H2,1-3H3,(H,11,14)/t7-,8+,9+/m1/s1. The van der Waals surface area contributed by atoms with Crippen LogP contribution in [0.5, 0.6) is 0 Å². The highest BCUT2D eigenvalue weighted by Gasteiger charge is 2.45. The predicted octanol–water partition coefficient (Wildman–Crippen LogP) is -0.893. The van der Waals surface area contributed by atoms with Crippen molar-refractivity contribution < 1.29 is 13.2 Å². The van der Waals surface area contributed by atoms with Gasteiger partial charge in [0.15, 0.2) is 0 Å². The van der Waals surface area contributed by atoms with Crippen LogP contribution in [-0.2, 0) is 15.0 Å². The van der Waals surface area contributed by atoms with Gasteiger partial charge in [-0.05, 0) is 11.8 Å². The first-order chi connectivity index (χ1) is 7.84. The van der Waals surface area contributed by atoms with Crippen LogP contribution in [0.25, 0.3) is 0 Å². The van der Waals surface area contributed by atoms with Gasteiger partial charge in [-0.2, -0.15) is 17.0 Å². The Balaban J connectivity index is 2.17. The molecule has 0 radical (unpaired) electrons. The highest BCUT2D eigenvalue weighted by atomic mass is 32.2. The molecule has 2 aliphatic rings. The number of carbonyl (C=O) groups excluding carboxylic acids is 1. The fraction of sp³-hybridized carbons (Fsp3) is 0.900. The second-order valence-corrected chi connectivity index (χ2v) is 7.21. The Morgan fingerprint density at radius 1 is 1.35 bits per heavy atom. The summed E-state index contributed by atoms with van der Waals surface area (Å²) in [5.41, 5.74) is 0. The van der Waals surface area contributed by atoms with E-state index in [0.29, 0.717) is 19.6 Å². The Morgan fingerprint density at radius 2 is 2.00 bits per heavy atom. The van der Waals surface area contributed by atoms with Crippen LogP contribution in [0.4, 0.5) is 0 Å². The highest BCUT2D eigenvalue weighted by molar-refractivity contribution is 7.86. The van der Waals surface area contributed by atoms with Crippen LogP contribution in [-0.4, -0.2) is 56.7 Å². The van der Waals surface area contributed by atoms with E-state index < -0.39 is 10.2 Å². The molecule has 0 aromatic carbocycles. The van der Waals surface area contributed by atoms with Crippen LogP contribution in [0.1, 0.15) is 6.92 Å². The van der Waals surface area contributed by atoms with Crippen LogP contribution >= 0.6 is 0 Å². The zero-order valence-electron chi connectivity index (χ0n) is 10.4. The van der Waals surface area contributed by atoms with Crippen molar-refractivity contribution in [1.82, 2.24) is 13.9 Å². The molecule has 98 valence electrons. The van der Waals surface area contributed by atoms with Gasteiger partial charge >= 0.3 is 0 Å². The molecule has 2 heterocycles. The number of nitrogens with one attached hydrogen (secondary N) is 1. The van der Waals surface area contributed by atoms with Gasteiger partial charge in [0, 0.05) is 39.6 Å². The minimum atomic E-state index is -3.35. The number of nitrogens with zero attached hydrogens (tertiary/aromatic N) is 2. The van der Waals surface area contributed by atoms with E-state index in [1.807, 2.05) is 6.92 Å². The topological polar surface area (TPSA) is 69.7 Å². The van der Waals surface area contributed by atoms with E-state index >= 15 is 0 Å². The molecule has 2 rings (SSSR count). The predicted molar refractivity (Wildman–Crippen MR) is 63.3 cm³/mol. The van der Waals surface area contributed by atoms with Gasteiger partial charge in [0.05, 0.1) is 0 Å². The van der Waals surface area contributed by atoms with Gasteiger partial charge in [-0.1, -0.05) is 6.92 Å². The quantitative estimate of drug-likeness (QED) is 0.701. The molecular formula is C10H19N3O3S. The smallest absolute Gasteiger partial charge is 0.281 e. The van der Waals surface area contributed by atoms with E-state index in [-0.39, 0.29) is 23.7 Å². The summed E-state index contributed by atoms with van der Waals surface area (Å²) in [4.78, 5) is 11.5. The first kappa shape index (κ1) is 12.8. The number of hydrogen-bond donors (Lipinski definition) is 1. The maximum atomic E-state index is 12.0. The van der Waals surface area contributed by atoms with E-state index in [1.165, 1.54) is 22.7 Å². The summed E-state index contributed by atoms with van der Waals surface area (Å²) in [5.74, 6) is 0.336. The lowest BCUT2D eigenvalue weighted by molar-refractivity contribution is -0.128. The Kier molecular flexibility index (Phi) is 3.17. The largest absolute Gasteiger partial charge is 0.356 e. The van der Waals surface area contributed by atoms with Crippen LogP contribution < -0.4 is 5.32 Å². The summed E-state index contributed by atoms with van der Waals surface area (Å²) in [6.45, 7) is 3.43. The number of fused-ring (bicyclic) bond motifs is 1. The van der Waals surface area contributed by atoms with Gasteiger partial charge < -0.3 is 5.32 Å². The van der Waals surface area contributed by atoms with Gasteiger partial charge in [-0.3, -0.25) is 4.79 Å². The lowest BCUT2D eigenvalue weighted by Crippen LogP contribution is -2.46. The van der Waals surface area contributed by atoms with Crippen molar-refractivity contribution in [2.45, 2.75) is 6.92 Å². The molecule has 1 amide bonds. The molecule has 3 atom stereocenters. The molecule has 0 aromatic heterocycles. The number of piperidine rings is 1. The maximum absolute atomic E-state index is 12.0. The molecule has 0 saturated carbocycles. The summed E-state index contributed by atoms with van der Waals surface area (Å²) in [6, 6.07) is 0. The molecule has 2 saturated heterocycles. The minimum Gasteiger partial charge on any atom is -0.356 e. The van der Waals surface area contributed by atoms with Crippen molar-refractivity contribution in [3.05, 3.63) is 0 Å². The van der Waals surface area contributed by atoms with Crippen molar-refractivity contribution in [2.24, 2.45) is 17.8 Å². The fourth-order valence-corrected chi connectivity index (χ4v) is 3.85. The van der Waals surface area contributed by atoms with Crippen LogP contribution in [0, 0.1) is 17.8 Å². The van der Waals surface area contributed by atoms with Crippen molar-refractivity contribution in [3.63, 3.8) is 0 Å². The average molecular weight is 261 g/mol. The molecular weight excluding hydrogens is 242 g/mol. The third-order valence-electron chi connectivity index (χ3n) is 3.84. The Bertz CT molecular complexity index is 421. The van der Waals surface area contributed by atoms with E-state index in [9.17, 15) is 13.2 Å². The zero-order valence-corrected chi connectivity index (χ0v) is 11.2. The summed E-state index contributed by atoms with van der Waals surface area (Å²) >= 11 is 0. The molecule has 0 aromatic rings. The fourth-order valence-electron chi connectivity index (χ4n) is 2.64. The monoisotopic (exact) mass is 261 g/mol. The number of rotatable bonds is 2. The molecule has 17 heavy (non-hydrogen) atoms. The van der Waals surface area contributed by atoms with E-state index in [1.54, 1.807) is 0 Å². The maximum Gasteiger partial charge on any atom is 0.281 e. The van der Waals surface area contributed by atoms with E-state index in [2.05, 4.69) is 5.32 Å². The third kappa shape index (κ3) is 2.07. The Labute approximate surface area is 102 Å². The third-order valence-corrected chi connectivity index (χ3v) is 5.71. The van der Waals surface area contributed by atoms with Crippen molar-refractivity contribution in [2.75, 3.05) is 33.7 Å². The summed E-state index contributed by atoms with van der Waals surface area (Å²) < 4.78 is 26.7. The normalized spacial score (nSPS) is 34.8. The van der Waals surface area contributed by atoms with E-state index in [0.717, 1.165) is 0 Å². The summed E-state index contributed by atoms with van der Waals surface area (Å²) in [5, 5.41) is 2.83. The SMILES string of the molecule is C[C@H]1C(=O)NC[C@H]2CN(S(=O)(=O)N(C)C)C[C@H]21. The molecule has 7 heteroatoms.